The average molecular weight is 333 g/mol. The predicted octanol–water partition coefficient (Wildman–Crippen LogP) is 3.32. The normalized spacial score (nSPS) is 14.2. The maximum atomic E-state index is 6.32. The summed E-state index contributed by atoms with van der Waals surface area (Å²) in [6.07, 6.45) is 3.92. The minimum Gasteiger partial charge on any atom is -0.383 e. The first-order valence-corrected chi connectivity index (χ1v) is 8.64. The van der Waals surface area contributed by atoms with Crippen molar-refractivity contribution in [3.63, 3.8) is 0 Å². The second kappa shape index (κ2) is 6.01. The molecular formula is C20H23N5. The number of aromatic nitrogens is 2. The highest BCUT2D eigenvalue weighted by atomic mass is 15.1. The van der Waals surface area contributed by atoms with Gasteiger partial charge in [-0.25, -0.2) is 4.98 Å². The Kier molecular flexibility index (Phi) is 3.81. The summed E-state index contributed by atoms with van der Waals surface area (Å²) in [5.74, 6) is 0.600. The van der Waals surface area contributed by atoms with Crippen molar-refractivity contribution in [2.45, 2.75) is 20.0 Å². The molecule has 2 N–H and O–H groups in total. The quantitative estimate of drug-likeness (QED) is 0.797. The number of aliphatic imine (C=N–C) groups is 1. The molecule has 0 unspecified atom stereocenters. The number of rotatable bonds is 4. The number of aryl methyl sites for hydroxylation is 1. The molecule has 0 amide bonds. The minimum atomic E-state index is 0.600. The van der Waals surface area contributed by atoms with Crippen LogP contribution in [-0.4, -0.2) is 41.3 Å². The molecule has 3 aromatic rings. The first kappa shape index (κ1) is 15.8. The molecule has 0 bridgehead atoms. The number of allylic oxidation sites excluding steroid dienone is 1. The zero-order chi connectivity index (χ0) is 17.6. The van der Waals surface area contributed by atoms with Crippen molar-refractivity contribution >= 4 is 39.4 Å². The van der Waals surface area contributed by atoms with Crippen LogP contribution in [0.25, 0.3) is 27.4 Å². The molecule has 0 spiro atoms. The van der Waals surface area contributed by atoms with Gasteiger partial charge < -0.3 is 15.2 Å². The zero-order valence-electron chi connectivity index (χ0n) is 15.0. The maximum Gasteiger partial charge on any atom is 0.133 e. The van der Waals surface area contributed by atoms with Crippen LogP contribution in [0.3, 0.4) is 0 Å². The Labute approximate surface area is 147 Å². The van der Waals surface area contributed by atoms with Crippen molar-refractivity contribution in [3.05, 3.63) is 41.6 Å². The fraction of sp³-hybridized carbons (Fsp3) is 0.300. The molecule has 0 radical (unpaired) electrons. The van der Waals surface area contributed by atoms with E-state index in [4.69, 9.17) is 5.73 Å². The van der Waals surface area contributed by atoms with Gasteiger partial charge in [-0.15, -0.1) is 0 Å². The summed E-state index contributed by atoms with van der Waals surface area (Å²) in [4.78, 5) is 11.1. The van der Waals surface area contributed by atoms with Gasteiger partial charge in [0.05, 0.1) is 17.6 Å². The summed E-state index contributed by atoms with van der Waals surface area (Å²) >= 11 is 0. The SMILES string of the molecule is CCn1c(CN(C)C)cc2c(N)nc3cc(C4=CC=NC4)ccc3c21. The van der Waals surface area contributed by atoms with Crippen LogP contribution >= 0.6 is 0 Å². The molecule has 0 saturated carbocycles. The van der Waals surface area contributed by atoms with Gasteiger partial charge in [0.15, 0.2) is 0 Å². The zero-order valence-corrected chi connectivity index (χ0v) is 15.0. The van der Waals surface area contributed by atoms with Crippen molar-refractivity contribution in [3.8, 4) is 0 Å². The molecule has 1 aromatic carbocycles. The number of hydrogen-bond donors (Lipinski definition) is 1. The van der Waals surface area contributed by atoms with Crippen LogP contribution in [0.4, 0.5) is 5.82 Å². The third-order valence-electron chi connectivity index (χ3n) is 4.76. The lowest BCUT2D eigenvalue weighted by molar-refractivity contribution is 0.389. The molecule has 3 heterocycles. The van der Waals surface area contributed by atoms with Crippen LogP contribution in [0.15, 0.2) is 35.3 Å². The number of fused-ring (bicyclic) bond motifs is 3. The van der Waals surface area contributed by atoms with Crippen LogP contribution in [0.2, 0.25) is 0 Å². The number of benzene rings is 1. The molecule has 0 saturated heterocycles. The van der Waals surface area contributed by atoms with Gasteiger partial charge in [0.25, 0.3) is 0 Å². The van der Waals surface area contributed by atoms with E-state index < -0.39 is 0 Å². The van der Waals surface area contributed by atoms with Gasteiger partial charge in [0, 0.05) is 35.8 Å². The molecule has 1 aliphatic heterocycles. The molecule has 5 nitrogen and oxygen atoms in total. The number of nitrogens with two attached hydrogens (primary N) is 1. The maximum absolute atomic E-state index is 6.32. The van der Waals surface area contributed by atoms with Crippen LogP contribution in [-0.2, 0) is 13.1 Å². The molecule has 1 aliphatic rings. The first-order chi connectivity index (χ1) is 12.1. The summed E-state index contributed by atoms with van der Waals surface area (Å²) in [6.45, 7) is 4.70. The molecule has 2 aromatic heterocycles. The number of nitrogen functional groups attached to an aromatic ring is 1. The van der Waals surface area contributed by atoms with Gasteiger partial charge in [-0.05, 0) is 50.4 Å². The number of hydrogen-bond acceptors (Lipinski definition) is 4. The van der Waals surface area contributed by atoms with E-state index in [1.807, 2.05) is 6.21 Å². The topological polar surface area (TPSA) is 59.4 Å². The van der Waals surface area contributed by atoms with Gasteiger partial charge in [-0.2, -0.15) is 0 Å². The van der Waals surface area contributed by atoms with Gasteiger partial charge >= 0.3 is 0 Å². The van der Waals surface area contributed by atoms with Gasteiger partial charge in [0.1, 0.15) is 5.82 Å². The van der Waals surface area contributed by atoms with Crippen molar-refractivity contribution in [2.24, 2.45) is 4.99 Å². The largest absolute Gasteiger partial charge is 0.383 e. The Morgan fingerprint density at radius 2 is 2.04 bits per heavy atom. The first-order valence-electron chi connectivity index (χ1n) is 8.64. The van der Waals surface area contributed by atoms with Crippen molar-refractivity contribution in [1.29, 1.82) is 0 Å². The summed E-state index contributed by atoms with van der Waals surface area (Å²) in [5.41, 5.74) is 12.1. The summed E-state index contributed by atoms with van der Waals surface area (Å²) in [6, 6.07) is 8.65. The minimum absolute atomic E-state index is 0.600. The van der Waals surface area contributed by atoms with Crippen LogP contribution in [0.5, 0.6) is 0 Å². The lowest BCUT2D eigenvalue weighted by atomic mass is 10.0. The Morgan fingerprint density at radius 1 is 1.20 bits per heavy atom. The fourth-order valence-electron chi connectivity index (χ4n) is 3.65. The fourth-order valence-corrected chi connectivity index (χ4v) is 3.65. The molecule has 0 fully saturated rings. The van der Waals surface area contributed by atoms with Crippen LogP contribution in [0, 0.1) is 0 Å². The Hall–Kier alpha value is -2.66. The summed E-state index contributed by atoms with van der Waals surface area (Å²) < 4.78 is 2.35. The highest BCUT2D eigenvalue weighted by Gasteiger charge is 2.16. The van der Waals surface area contributed by atoms with Gasteiger partial charge in [-0.3, -0.25) is 4.99 Å². The second-order valence-electron chi connectivity index (χ2n) is 6.79. The third kappa shape index (κ3) is 2.61. The van der Waals surface area contributed by atoms with Crippen LogP contribution < -0.4 is 5.73 Å². The van der Waals surface area contributed by atoms with E-state index in [1.165, 1.54) is 22.3 Å². The standard InChI is InChI=1S/C20H23N5/c1-4-25-15(12-24(2)3)10-17-19(25)16-6-5-13(14-7-8-22-11-14)9-18(16)23-20(17)21/h5-10H,4,11-12H2,1-3H3,(H2,21,23). The van der Waals surface area contributed by atoms with Crippen molar-refractivity contribution in [1.82, 2.24) is 14.5 Å². The van der Waals surface area contributed by atoms with E-state index in [9.17, 15) is 0 Å². The number of anilines is 1. The molecule has 0 aliphatic carbocycles. The lowest BCUT2D eigenvalue weighted by Gasteiger charge is -2.14. The summed E-state index contributed by atoms with van der Waals surface area (Å²) in [7, 11) is 4.17. The highest BCUT2D eigenvalue weighted by Crippen LogP contribution is 2.33. The molecular weight excluding hydrogens is 310 g/mol. The molecule has 0 atom stereocenters. The highest BCUT2D eigenvalue weighted by molar-refractivity contribution is 6.09. The molecule has 128 valence electrons. The molecule has 5 heteroatoms. The number of nitrogens with zero attached hydrogens (tertiary/aromatic N) is 4. The van der Waals surface area contributed by atoms with Crippen LogP contribution in [0.1, 0.15) is 18.2 Å². The van der Waals surface area contributed by atoms with E-state index in [0.29, 0.717) is 5.82 Å². The van der Waals surface area contributed by atoms with E-state index in [1.54, 1.807) is 0 Å². The van der Waals surface area contributed by atoms with E-state index in [0.717, 1.165) is 35.9 Å². The third-order valence-corrected chi connectivity index (χ3v) is 4.76. The Morgan fingerprint density at radius 3 is 2.72 bits per heavy atom. The lowest BCUT2D eigenvalue weighted by Crippen LogP contribution is -2.14. The van der Waals surface area contributed by atoms with E-state index in [2.05, 4.69) is 70.8 Å². The van der Waals surface area contributed by atoms with E-state index >= 15 is 0 Å². The van der Waals surface area contributed by atoms with E-state index in [-0.39, 0.29) is 0 Å². The molecule has 25 heavy (non-hydrogen) atoms. The Bertz CT molecular complexity index is 1020. The van der Waals surface area contributed by atoms with Gasteiger partial charge in [0.2, 0.25) is 0 Å². The second-order valence-corrected chi connectivity index (χ2v) is 6.79. The van der Waals surface area contributed by atoms with Gasteiger partial charge in [-0.1, -0.05) is 12.1 Å². The smallest absolute Gasteiger partial charge is 0.133 e. The predicted molar refractivity (Wildman–Crippen MR) is 106 cm³/mol. The Balaban J connectivity index is 1.97. The van der Waals surface area contributed by atoms with Crippen molar-refractivity contribution < 1.29 is 0 Å². The number of pyridine rings is 1. The monoisotopic (exact) mass is 333 g/mol. The molecule has 4 rings (SSSR count). The average Bonchev–Trinajstić information content (AvgIpc) is 3.21. The summed E-state index contributed by atoms with van der Waals surface area (Å²) in [5, 5.41) is 2.20. The van der Waals surface area contributed by atoms with Crippen molar-refractivity contribution in [2.75, 3.05) is 26.4 Å².